The number of rotatable bonds is 4. The van der Waals surface area contributed by atoms with Gasteiger partial charge in [0, 0.05) is 37.2 Å². The van der Waals surface area contributed by atoms with Gasteiger partial charge >= 0.3 is 6.18 Å². The molecule has 0 spiro atoms. The number of nitrogens with zero attached hydrogens (tertiary/aromatic N) is 1. The third-order valence-corrected chi connectivity index (χ3v) is 4.18. The molecule has 2 nitrogen and oxygen atoms in total. The molecule has 1 N–H and O–H groups in total. The molecule has 6 heteroatoms. The van der Waals surface area contributed by atoms with E-state index in [4.69, 9.17) is 11.6 Å². The van der Waals surface area contributed by atoms with E-state index in [1.54, 1.807) is 0 Å². The molecule has 1 atom stereocenters. The fourth-order valence-electron chi connectivity index (χ4n) is 2.78. The van der Waals surface area contributed by atoms with Crippen LogP contribution in [0.3, 0.4) is 0 Å². The molecule has 2 rings (SSSR count). The summed E-state index contributed by atoms with van der Waals surface area (Å²) in [6, 6.07) is 3.58. The van der Waals surface area contributed by atoms with E-state index < -0.39 is 11.7 Å². The van der Waals surface area contributed by atoms with Crippen molar-refractivity contribution in [2.45, 2.75) is 32.0 Å². The number of benzene rings is 1. The first kappa shape index (κ1) is 16.6. The predicted molar refractivity (Wildman–Crippen MR) is 78.5 cm³/mol. The Balaban J connectivity index is 2.34. The highest BCUT2D eigenvalue weighted by molar-refractivity contribution is 6.31. The molecule has 0 saturated carbocycles. The van der Waals surface area contributed by atoms with Crippen molar-refractivity contribution in [1.82, 2.24) is 10.2 Å². The molecule has 21 heavy (non-hydrogen) atoms. The Kier molecular flexibility index (Phi) is 5.52. The van der Waals surface area contributed by atoms with E-state index in [0.29, 0.717) is 10.6 Å². The van der Waals surface area contributed by atoms with E-state index in [9.17, 15) is 13.2 Å². The zero-order valence-corrected chi connectivity index (χ0v) is 12.8. The van der Waals surface area contributed by atoms with E-state index in [0.717, 1.165) is 45.1 Å². The average Bonchev–Trinajstić information content (AvgIpc) is 2.45. The highest BCUT2D eigenvalue weighted by Crippen LogP contribution is 2.37. The second kappa shape index (κ2) is 6.99. The van der Waals surface area contributed by atoms with Crippen LogP contribution in [0.1, 0.15) is 36.9 Å². The van der Waals surface area contributed by atoms with Crippen LogP contribution in [0.2, 0.25) is 5.02 Å². The number of piperazine rings is 1. The maximum absolute atomic E-state index is 12.9. The summed E-state index contributed by atoms with van der Waals surface area (Å²) >= 11 is 6.19. The monoisotopic (exact) mass is 320 g/mol. The van der Waals surface area contributed by atoms with Gasteiger partial charge in [-0.15, -0.1) is 0 Å². The highest BCUT2D eigenvalue weighted by atomic mass is 35.5. The van der Waals surface area contributed by atoms with E-state index in [2.05, 4.69) is 10.2 Å². The lowest BCUT2D eigenvalue weighted by Gasteiger charge is -2.35. The second-order valence-electron chi connectivity index (χ2n) is 5.32. The van der Waals surface area contributed by atoms with E-state index in [1.807, 2.05) is 6.92 Å². The van der Waals surface area contributed by atoms with Crippen LogP contribution in [-0.2, 0) is 6.18 Å². The largest absolute Gasteiger partial charge is 0.416 e. The van der Waals surface area contributed by atoms with Crippen LogP contribution < -0.4 is 5.32 Å². The molecular weight excluding hydrogens is 301 g/mol. The van der Waals surface area contributed by atoms with Gasteiger partial charge in [0.15, 0.2) is 0 Å². The predicted octanol–water partition coefficient (Wildman–Crippen LogP) is 4.11. The molecule has 0 bridgehead atoms. The van der Waals surface area contributed by atoms with Crippen LogP contribution in [0.5, 0.6) is 0 Å². The van der Waals surface area contributed by atoms with E-state index in [-0.39, 0.29) is 6.04 Å². The van der Waals surface area contributed by atoms with Gasteiger partial charge in [-0.1, -0.05) is 24.9 Å². The van der Waals surface area contributed by atoms with Gasteiger partial charge in [-0.2, -0.15) is 13.2 Å². The summed E-state index contributed by atoms with van der Waals surface area (Å²) in [5.41, 5.74) is -0.0339. The Labute approximate surface area is 128 Å². The van der Waals surface area contributed by atoms with E-state index >= 15 is 0 Å². The Hall–Kier alpha value is -0.780. The van der Waals surface area contributed by atoms with Gasteiger partial charge in [-0.25, -0.2) is 0 Å². The molecule has 1 heterocycles. The molecule has 118 valence electrons. The third-order valence-electron chi connectivity index (χ3n) is 3.84. The van der Waals surface area contributed by atoms with Crippen molar-refractivity contribution in [2.75, 3.05) is 26.2 Å². The van der Waals surface area contributed by atoms with Crippen molar-refractivity contribution in [2.24, 2.45) is 0 Å². The van der Waals surface area contributed by atoms with Crippen molar-refractivity contribution in [3.8, 4) is 0 Å². The van der Waals surface area contributed by atoms with Gasteiger partial charge in [0.1, 0.15) is 0 Å². The number of alkyl halides is 3. The van der Waals surface area contributed by atoms with Crippen LogP contribution in [0.25, 0.3) is 0 Å². The Morgan fingerprint density at radius 1 is 1.29 bits per heavy atom. The minimum absolute atomic E-state index is 0.0492. The Morgan fingerprint density at radius 3 is 2.52 bits per heavy atom. The van der Waals surface area contributed by atoms with Crippen LogP contribution >= 0.6 is 11.6 Å². The van der Waals surface area contributed by atoms with Gasteiger partial charge in [0.2, 0.25) is 0 Å². The molecule has 1 aliphatic heterocycles. The minimum atomic E-state index is -4.33. The average molecular weight is 321 g/mol. The molecule has 0 unspecified atom stereocenters. The fourth-order valence-corrected chi connectivity index (χ4v) is 3.02. The first-order chi connectivity index (χ1) is 9.93. The van der Waals surface area contributed by atoms with Crippen molar-refractivity contribution < 1.29 is 13.2 Å². The highest BCUT2D eigenvalue weighted by Gasteiger charge is 2.32. The molecule has 0 amide bonds. The molecular formula is C15H20ClF3N2. The van der Waals surface area contributed by atoms with Gasteiger partial charge < -0.3 is 5.32 Å². The maximum atomic E-state index is 12.9. The van der Waals surface area contributed by atoms with E-state index in [1.165, 1.54) is 12.1 Å². The number of halogens is 4. The molecule has 0 radical (unpaired) electrons. The number of nitrogens with one attached hydrogen (secondary N) is 1. The van der Waals surface area contributed by atoms with Gasteiger partial charge in [-0.05, 0) is 30.2 Å². The molecule has 1 fully saturated rings. The normalized spacial score (nSPS) is 18.7. The molecule has 1 aromatic carbocycles. The first-order valence-corrected chi connectivity index (χ1v) is 7.62. The Bertz CT molecular complexity index is 470. The summed E-state index contributed by atoms with van der Waals surface area (Å²) in [7, 11) is 0. The molecule has 0 aromatic heterocycles. The lowest BCUT2D eigenvalue weighted by atomic mass is 9.97. The second-order valence-corrected chi connectivity index (χ2v) is 5.73. The zero-order valence-electron chi connectivity index (χ0n) is 12.0. The van der Waals surface area contributed by atoms with Crippen LogP contribution in [0.4, 0.5) is 13.2 Å². The number of hydrogen-bond donors (Lipinski definition) is 1. The molecule has 1 saturated heterocycles. The van der Waals surface area contributed by atoms with Gasteiger partial charge in [-0.3, -0.25) is 4.90 Å². The van der Waals surface area contributed by atoms with Crippen molar-refractivity contribution in [3.63, 3.8) is 0 Å². The summed E-state index contributed by atoms with van der Waals surface area (Å²) in [5, 5.41) is 3.68. The fraction of sp³-hybridized carbons (Fsp3) is 0.600. The van der Waals surface area contributed by atoms with Gasteiger partial charge in [0.25, 0.3) is 0 Å². The van der Waals surface area contributed by atoms with Gasteiger partial charge in [0.05, 0.1) is 5.56 Å². The third kappa shape index (κ3) is 4.11. The summed E-state index contributed by atoms with van der Waals surface area (Å²) in [4.78, 5) is 2.22. The van der Waals surface area contributed by atoms with Crippen molar-refractivity contribution in [1.29, 1.82) is 0 Å². The van der Waals surface area contributed by atoms with Crippen LogP contribution in [0, 0.1) is 0 Å². The molecule has 1 aromatic rings. The summed E-state index contributed by atoms with van der Waals surface area (Å²) in [6.07, 6.45) is -2.62. The standard InChI is InChI=1S/C15H20ClF3N2/c1-2-3-14(21-8-6-20-7-9-21)12-10-11(15(17,18)19)4-5-13(12)16/h4-5,10,14,20H,2-3,6-9H2,1H3/t14-/m1/s1. The topological polar surface area (TPSA) is 15.3 Å². The summed E-state index contributed by atoms with van der Waals surface area (Å²) < 4.78 is 38.8. The van der Waals surface area contributed by atoms with Crippen LogP contribution in [-0.4, -0.2) is 31.1 Å². The SMILES string of the molecule is CCC[C@H](c1cc(C(F)(F)F)ccc1Cl)N1CCNCC1. The maximum Gasteiger partial charge on any atom is 0.416 e. The summed E-state index contributed by atoms with van der Waals surface area (Å²) in [5.74, 6) is 0. The molecule has 0 aliphatic carbocycles. The van der Waals surface area contributed by atoms with Crippen LogP contribution in [0.15, 0.2) is 18.2 Å². The minimum Gasteiger partial charge on any atom is -0.314 e. The number of hydrogen-bond acceptors (Lipinski definition) is 2. The lowest BCUT2D eigenvalue weighted by Crippen LogP contribution is -2.45. The lowest BCUT2D eigenvalue weighted by molar-refractivity contribution is -0.137. The molecule has 1 aliphatic rings. The van der Waals surface area contributed by atoms with Crippen molar-refractivity contribution in [3.05, 3.63) is 34.3 Å². The summed E-state index contributed by atoms with van der Waals surface area (Å²) in [6.45, 7) is 5.42. The van der Waals surface area contributed by atoms with Crippen molar-refractivity contribution >= 4 is 11.6 Å². The quantitative estimate of drug-likeness (QED) is 0.898. The zero-order chi connectivity index (χ0) is 15.5. The first-order valence-electron chi connectivity index (χ1n) is 7.25. The smallest absolute Gasteiger partial charge is 0.314 e. The Morgan fingerprint density at radius 2 is 1.95 bits per heavy atom.